The largest absolute Gasteiger partial charge is 0.444 e. The summed E-state index contributed by atoms with van der Waals surface area (Å²) in [6.07, 6.45) is 2.50. The number of amides is 1. The highest BCUT2D eigenvalue weighted by Crippen LogP contribution is 2.17. The molecule has 0 unspecified atom stereocenters. The third-order valence-electron chi connectivity index (χ3n) is 4.52. The normalized spacial score (nSPS) is 16.4. The number of carbonyl (C=O) groups is 1. The van der Waals surface area contributed by atoms with E-state index in [1.165, 1.54) is 6.26 Å². The molecule has 1 aliphatic rings. The van der Waals surface area contributed by atoms with Crippen molar-refractivity contribution in [3.05, 3.63) is 29.8 Å². The Labute approximate surface area is 179 Å². The first-order valence-electron chi connectivity index (χ1n) is 10.0. The summed E-state index contributed by atoms with van der Waals surface area (Å²) < 4.78 is 34.2. The number of oxime groups is 1. The van der Waals surface area contributed by atoms with Crippen LogP contribution in [0, 0.1) is 0 Å². The van der Waals surface area contributed by atoms with Crippen LogP contribution in [0.25, 0.3) is 0 Å². The summed E-state index contributed by atoms with van der Waals surface area (Å²) in [5.74, 6) is 0. The van der Waals surface area contributed by atoms with Gasteiger partial charge in [0.15, 0.2) is 9.84 Å². The van der Waals surface area contributed by atoms with Crippen molar-refractivity contribution in [1.82, 2.24) is 4.90 Å². The van der Waals surface area contributed by atoms with Crippen molar-refractivity contribution in [1.29, 1.82) is 0 Å². The summed E-state index contributed by atoms with van der Waals surface area (Å²) in [4.78, 5) is 19.4. The summed E-state index contributed by atoms with van der Waals surface area (Å²) >= 11 is 0. The maximum Gasteiger partial charge on any atom is 0.410 e. The molecule has 8 nitrogen and oxygen atoms in total. The van der Waals surface area contributed by atoms with Crippen LogP contribution in [0.15, 0.2) is 34.3 Å². The van der Waals surface area contributed by atoms with Crippen LogP contribution in [0.4, 0.5) is 4.79 Å². The molecule has 1 fully saturated rings. The first kappa shape index (κ1) is 24.1. The van der Waals surface area contributed by atoms with Gasteiger partial charge in [-0.05, 0) is 58.2 Å². The van der Waals surface area contributed by atoms with Gasteiger partial charge in [-0.15, -0.1) is 0 Å². The minimum Gasteiger partial charge on any atom is -0.444 e. The second-order valence-corrected chi connectivity index (χ2v) is 10.4. The lowest BCUT2D eigenvalue weighted by Gasteiger charge is -2.33. The van der Waals surface area contributed by atoms with Gasteiger partial charge in [0.05, 0.1) is 23.3 Å². The van der Waals surface area contributed by atoms with E-state index in [1.54, 1.807) is 36.1 Å². The summed E-state index contributed by atoms with van der Waals surface area (Å²) in [7, 11) is -3.21. The molecule has 0 saturated carbocycles. The van der Waals surface area contributed by atoms with Crippen molar-refractivity contribution in [2.24, 2.45) is 5.16 Å². The molecular weight excluding hydrogens is 408 g/mol. The SMILES string of the molecule is C/C(=N/OCCOC1CCN(C(=O)OC(C)(C)C)CC1)c1ccc(S(C)(=O)=O)cc1. The average Bonchev–Trinajstić information content (AvgIpc) is 2.66. The van der Waals surface area contributed by atoms with E-state index < -0.39 is 15.4 Å². The topological polar surface area (TPSA) is 94.5 Å². The number of benzene rings is 1. The number of carbonyl (C=O) groups excluding carboxylic acids is 1. The second kappa shape index (κ2) is 10.3. The zero-order chi connectivity index (χ0) is 22.4. The van der Waals surface area contributed by atoms with Gasteiger partial charge in [-0.2, -0.15) is 0 Å². The van der Waals surface area contributed by atoms with Crippen molar-refractivity contribution in [2.75, 3.05) is 32.6 Å². The summed E-state index contributed by atoms with van der Waals surface area (Å²) in [6.45, 7) is 9.30. The zero-order valence-electron chi connectivity index (χ0n) is 18.4. The smallest absolute Gasteiger partial charge is 0.410 e. The van der Waals surface area contributed by atoms with Crippen LogP contribution >= 0.6 is 0 Å². The van der Waals surface area contributed by atoms with Crippen LogP contribution in [0.5, 0.6) is 0 Å². The molecule has 168 valence electrons. The monoisotopic (exact) mass is 440 g/mol. The standard InChI is InChI=1S/C21H32N2O6S/c1-16(17-6-8-19(9-7-17)30(5,25)26)22-28-15-14-27-18-10-12-23(13-11-18)20(24)29-21(2,3)4/h6-9,18H,10-15H2,1-5H3/b22-16-. The molecular formula is C21H32N2O6S. The molecule has 1 aromatic rings. The Morgan fingerprint density at radius 3 is 2.27 bits per heavy atom. The molecule has 30 heavy (non-hydrogen) atoms. The Morgan fingerprint density at radius 1 is 1.13 bits per heavy atom. The molecule has 2 rings (SSSR count). The predicted octanol–water partition coefficient (Wildman–Crippen LogP) is 3.25. The van der Waals surface area contributed by atoms with Gasteiger partial charge in [0.25, 0.3) is 0 Å². The Hall–Kier alpha value is -2.13. The Bertz CT molecular complexity index is 835. The molecule has 0 atom stereocenters. The first-order valence-corrected chi connectivity index (χ1v) is 11.9. The average molecular weight is 441 g/mol. The van der Waals surface area contributed by atoms with E-state index in [0.717, 1.165) is 18.4 Å². The van der Waals surface area contributed by atoms with Gasteiger partial charge in [-0.1, -0.05) is 17.3 Å². The summed E-state index contributed by atoms with van der Waals surface area (Å²) in [5, 5.41) is 4.06. The minimum atomic E-state index is -3.21. The summed E-state index contributed by atoms with van der Waals surface area (Å²) in [6, 6.07) is 6.51. The third-order valence-corrected chi connectivity index (χ3v) is 5.65. The molecule has 1 aliphatic heterocycles. The Kier molecular flexibility index (Phi) is 8.25. The van der Waals surface area contributed by atoms with Gasteiger partial charge in [0.2, 0.25) is 0 Å². The van der Waals surface area contributed by atoms with E-state index in [1.807, 2.05) is 20.8 Å². The van der Waals surface area contributed by atoms with Crippen LogP contribution in [0.2, 0.25) is 0 Å². The molecule has 1 amide bonds. The van der Waals surface area contributed by atoms with Gasteiger partial charge in [0.1, 0.15) is 12.2 Å². The highest BCUT2D eigenvalue weighted by atomic mass is 32.2. The van der Waals surface area contributed by atoms with E-state index in [4.69, 9.17) is 14.3 Å². The van der Waals surface area contributed by atoms with Gasteiger partial charge < -0.3 is 19.2 Å². The highest BCUT2D eigenvalue weighted by molar-refractivity contribution is 7.90. The maximum absolute atomic E-state index is 12.1. The number of likely N-dealkylation sites (tertiary alicyclic amines) is 1. The van der Waals surface area contributed by atoms with Crippen LogP contribution in [0.3, 0.4) is 0 Å². The lowest BCUT2D eigenvalue weighted by atomic mass is 10.1. The molecule has 9 heteroatoms. The van der Waals surface area contributed by atoms with Crippen molar-refractivity contribution in [3.8, 4) is 0 Å². The Balaban J connectivity index is 1.68. The molecule has 1 saturated heterocycles. The molecule has 0 spiro atoms. The molecule has 0 aliphatic carbocycles. The molecule has 1 aromatic carbocycles. The van der Waals surface area contributed by atoms with Crippen molar-refractivity contribution in [2.45, 2.75) is 57.1 Å². The van der Waals surface area contributed by atoms with E-state index >= 15 is 0 Å². The van der Waals surface area contributed by atoms with Gasteiger partial charge >= 0.3 is 6.09 Å². The number of rotatable bonds is 7. The number of hydrogen-bond acceptors (Lipinski definition) is 7. The van der Waals surface area contributed by atoms with E-state index in [0.29, 0.717) is 32.0 Å². The number of nitrogens with zero attached hydrogens (tertiary/aromatic N) is 2. The number of hydrogen-bond donors (Lipinski definition) is 0. The molecule has 0 radical (unpaired) electrons. The fourth-order valence-electron chi connectivity index (χ4n) is 2.92. The quantitative estimate of drug-likeness (QED) is 0.367. The van der Waals surface area contributed by atoms with Crippen LogP contribution in [-0.2, 0) is 24.1 Å². The minimum absolute atomic E-state index is 0.0842. The number of ether oxygens (including phenoxy) is 2. The maximum atomic E-state index is 12.1. The molecule has 0 bridgehead atoms. The first-order chi connectivity index (χ1) is 14.0. The van der Waals surface area contributed by atoms with E-state index in [2.05, 4.69) is 5.16 Å². The predicted molar refractivity (Wildman–Crippen MR) is 114 cm³/mol. The summed E-state index contributed by atoms with van der Waals surface area (Å²) in [5.41, 5.74) is 0.953. The molecule has 0 N–H and O–H groups in total. The zero-order valence-corrected chi connectivity index (χ0v) is 19.2. The van der Waals surface area contributed by atoms with E-state index in [-0.39, 0.29) is 17.1 Å². The van der Waals surface area contributed by atoms with Crippen molar-refractivity contribution >= 4 is 21.6 Å². The van der Waals surface area contributed by atoms with Gasteiger partial charge in [-0.25, -0.2) is 13.2 Å². The fraction of sp³-hybridized carbons (Fsp3) is 0.619. The number of sulfone groups is 1. The third kappa shape index (κ3) is 7.95. The molecule has 0 aromatic heterocycles. The van der Waals surface area contributed by atoms with Gasteiger partial charge in [0, 0.05) is 19.3 Å². The highest BCUT2D eigenvalue weighted by Gasteiger charge is 2.27. The van der Waals surface area contributed by atoms with Crippen LogP contribution in [-0.4, -0.2) is 69.4 Å². The van der Waals surface area contributed by atoms with Gasteiger partial charge in [-0.3, -0.25) is 0 Å². The second-order valence-electron chi connectivity index (χ2n) is 8.34. The fourth-order valence-corrected chi connectivity index (χ4v) is 3.55. The molecule has 1 heterocycles. The number of piperidine rings is 1. The lowest BCUT2D eigenvalue weighted by Crippen LogP contribution is -2.43. The Morgan fingerprint density at radius 2 is 1.73 bits per heavy atom. The van der Waals surface area contributed by atoms with Crippen LogP contribution < -0.4 is 0 Å². The van der Waals surface area contributed by atoms with Crippen molar-refractivity contribution < 1.29 is 27.5 Å². The lowest BCUT2D eigenvalue weighted by molar-refractivity contribution is -0.0287. The van der Waals surface area contributed by atoms with Crippen molar-refractivity contribution in [3.63, 3.8) is 0 Å². The van der Waals surface area contributed by atoms with Crippen LogP contribution in [0.1, 0.15) is 46.1 Å². The van der Waals surface area contributed by atoms with E-state index in [9.17, 15) is 13.2 Å².